The first kappa shape index (κ1) is 13.9. The summed E-state index contributed by atoms with van der Waals surface area (Å²) in [6.07, 6.45) is 5.21. The van der Waals surface area contributed by atoms with E-state index in [2.05, 4.69) is 28.9 Å². The Balaban J connectivity index is 2.10. The second-order valence-electron chi connectivity index (χ2n) is 5.47. The maximum atomic E-state index is 6.17. The first-order valence-corrected chi connectivity index (χ1v) is 7.57. The minimum absolute atomic E-state index is 0.00983. The van der Waals surface area contributed by atoms with Crippen LogP contribution in [0.5, 0.6) is 5.75 Å². The van der Waals surface area contributed by atoms with Crippen LogP contribution in [0.25, 0.3) is 0 Å². The van der Waals surface area contributed by atoms with Gasteiger partial charge in [0.05, 0.1) is 6.10 Å². The van der Waals surface area contributed by atoms with Gasteiger partial charge in [0.1, 0.15) is 5.75 Å². The second-order valence-corrected chi connectivity index (χ2v) is 6.39. The van der Waals surface area contributed by atoms with Crippen molar-refractivity contribution in [2.24, 2.45) is 11.7 Å². The maximum Gasteiger partial charge on any atom is 0.125 e. The van der Waals surface area contributed by atoms with Crippen molar-refractivity contribution in [3.8, 4) is 5.75 Å². The first-order chi connectivity index (χ1) is 8.56. The monoisotopic (exact) mass is 311 g/mol. The molecular weight excluding hydrogens is 290 g/mol. The number of benzene rings is 1. The van der Waals surface area contributed by atoms with E-state index in [4.69, 9.17) is 10.5 Å². The molecule has 18 heavy (non-hydrogen) atoms. The van der Waals surface area contributed by atoms with E-state index in [9.17, 15) is 0 Å². The van der Waals surface area contributed by atoms with Gasteiger partial charge < -0.3 is 10.5 Å². The van der Waals surface area contributed by atoms with Crippen molar-refractivity contribution >= 4 is 15.9 Å². The Kier molecular flexibility index (Phi) is 4.68. The smallest absolute Gasteiger partial charge is 0.125 e. The van der Waals surface area contributed by atoms with Gasteiger partial charge in [-0.05, 0) is 50.7 Å². The molecule has 0 heterocycles. The molecule has 0 amide bonds. The molecule has 100 valence electrons. The molecule has 1 aliphatic carbocycles. The summed E-state index contributed by atoms with van der Waals surface area (Å²) in [4.78, 5) is 0. The van der Waals surface area contributed by atoms with Gasteiger partial charge in [-0.3, -0.25) is 0 Å². The quantitative estimate of drug-likeness (QED) is 0.896. The van der Waals surface area contributed by atoms with Crippen molar-refractivity contribution in [1.29, 1.82) is 0 Å². The van der Waals surface area contributed by atoms with Crippen molar-refractivity contribution in [3.63, 3.8) is 0 Å². The van der Waals surface area contributed by atoms with Gasteiger partial charge in [-0.1, -0.05) is 28.9 Å². The number of ether oxygens (including phenoxy) is 1. The van der Waals surface area contributed by atoms with E-state index in [0.717, 1.165) is 34.5 Å². The fraction of sp³-hybridized carbons (Fsp3) is 0.600. The minimum Gasteiger partial charge on any atom is -0.490 e. The fourth-order valence-corrected chi connectivity index (χ4v) is 2.85. The highest BCUT2D eigenvalue weighted by molar-refractivity contribution is 9.10. The summed E-state index contributed by atoms with van der Waals surface area (Å²) in [5.74, 6) is 1.79. The lowest BCUT2D eigenvalue weighted by atomic mass is 9.89. The van der Waals surface area contributed by atoms with Crippen LogP contribution >= 0.6 is 15.9 Å². The van der Waals surface area contributed by atoms with Gasteiger partial charge >= 0.3 is 0 Å². The highest BCUT2D eigenvalue weighted by Gasteiger charge is 2.21. The molecule has 1 aromatic carbocycles. The fourth-order valence-electron chi connectivity index (χ4n) is 2.51. The van der Waals surface area contributed by atoms with E-state index in [1.807, 2.05) is 19.1 Å². The Labute approximate surface area is 118 Å². The lowest BCUT2D eigenvalue weighted by molar-refractivity contribution is 0.134. The van der Waals surface area contributed by atoms with Crippen LogP contribution in [-0.4, -0.2) is 6.10 Å². The minimum atomic E-state index is 0.00983. The van der Waals surface area contributed by atoms with Gasteiger partial charge in [0.2, 0.25) is 0 Å². The van der Waals surface area contributed by atoms with Gasteiger partial charge in [-0.25, -0.2) is 0 Å². The van der Waals surface area contributed by atoms with Gasteiger partial charge in [-0.2, -0.15) is 0 Å². The summed E-state index contributed by atoms with van der Waals surface area (Å²) in [7, 11) is 0. The zero-order valence-corrected chi connectivity index (χ0v) is 12.7. The third-order valence-corrected chi connectivity index (χ3v) is 4.22. The molecule has 1 aromatic rings. The predicted molar refractivity (Wildman–Crippen MR) is 78.8 cm³/mol. The average Bonchev–Trinajstić information content (AvgIpc) is 2.32. The molecule has 0 saturated heterocycles. The number of halogens is 1. The number of hydrogen-bond donors (Lipinski definition) is 1. The molecule has 2 rings (SSSR count). The lowest BCUT2D eigenvalue weighted by Gasteiger charge is -2.28. The van der Waals surface area contributed by atoms with Crippen molar-refractivity contribution < 1.29 is 4.74 Å². The van der Waals surface area contributed by atoms with Crippen molar-refractivity contribution in [3.05, 3.63) is 28.2 Å². The summed E-state index contributed by atoms with van der Waals surface area (Å²) in [5, 5.41) is 0. The highest BCUT2D eigenvalue weighted by atomic mass is 79.9. The Morgan fingerprint density at radius 1 is 1.28 bits per heavy atom. The molecule has 1 aliphatic rings. The zero-order valence-electron chi connectivity index (χ0n) is 11.2. The van der Waals surface area contributed by atoms with Crippen LogP contribution in [0.15, 0.2) is 22.7 Å². The molecule has 2 nitrogen and oxygen atoms in total. The first-order valence-electron chi connectivity index (χ1n) is 6.78. The average molecular weight is 312 g/mol. The largest absolute Gasteiger partial charge is 0.490 e. The van der Waals surface area contributed by atoms with E-state index in [0.29, 0.717) is 6.10 Å². The molecule has 0 aromatic heterocycles. The van der Waals surface area contributed by atoms with Gasteiger partial charge in [-0.15, -0.1) is 0 Å². The second kappa shape index (κ2) is 6.07. The van der Waals surface area contributed by atoms with Crippen LogP contribution in [0.3, 0.4) is 0 Å². The molecule has 1 saturated carbocycles. The molecule has 0 aliphatic heterocycles. The summed E-state index contributed by atoms with van der Waals surface area (Å²) in [5.41, 5.74) is 7.09. The summed E-state index contributed by atoms with van der Waals surface area (Å²) in [6, 6.07) is 6.12. The zero-order chi connectivity index (χ0) is 13.1. The molecule has 2 N–H and O–H groups in total. The van der Waals surface area contributed by atoms with E-state index in [1.54, 1.807) is 0 Å². The molecule has 3 heteroatoms. The van der Waals surface area contributed by atoms with E-state index in [1.165, 1.54) is 12.8 Å². The molecule has 0 unspecified atom stereocenters. The van der Waals surface area contributed by atoms with Crippen molar-refractivity contribution in [2.45, 2.75) is 51.7 Å². The third kappa shape index (κ3) is 3.48. The summed E-state index contributed by atoms with van der Waals surface area (Å²) < 4.78 is 7.21. The van der Waals surface area contributed by atoms with Crippen LogP contribution in [-0.2, 0) is 0 Å². The van der Waals surface area contributed by atoms with Gasteiger partial charge in [0.15, 0.2) is 0 Å². The third-order valence-electron chi connectivity index (χ3n) is 3.72. The molecule has 1 atom stereocenters. The van der Waals surface area contributed by atoms with Crippen molar-refractivity contribution in [1.82, 2.24) is 0 Å². The van der Waals surface area contributed by atoms with Gasteiger partial charge in [0, 0.05) is 16.1 Å². The topological polar surface area (TPSA) is 35.2 Å². The van der Waals surface area contributed by atoms with Crippen LogP contribution in [0.1, 0.15) is 51.1 Å². The molecule has 0 bridgehead atoms. The van der Waals surface area contributed by atoms with Crippen LogP contribution in [0.4, 0.5) is 0 Å². The van der Waals surface area contributed by atoms with Gasteiger partial charge in [0.25, 0.3) is 0 Å². The standard InChI is InChI=1S/C15H22BrNO/c1-10-3-6-13(7-4-10)18-15-9-12(16)5-8-14(15)11(2)17/h5,8-11,13H,3-4,6-7,17H2,1-2H3/t10?,11-,13?/m1/s1. The lowest BCUT2D eigenvalue weighted by Crippen LogP contribution is -2.24. The maximum absolute atomic E-state index is 6.17. The Morgan fingerprint density at radius 2 is 1.94 bits per heavy atom. The van der Waals surface area contributed by atoms with Crippen LogP contribution < -0.4 is 10.5 Å². The SMILES string of the molecule is CC1CCC(Oc2cc(Br)ccc2[C@@H](C)N)CC1. The van der Waals surface area contributed by atoms with Crippen LogP contribution in [0.2, 0.25) is 0 Å². The summed E-state index contributed by atoms with van der Waals surface area (Å²) in [6.45, 7) is 4.32. The van der Waals surface area contributed by atoms with E-state index in [-0.39, 0.29) is 6.04 Å². The van der Waals surface area contributed by atoms with Crippen LogP contribution in [0, 0.1) is 5.92 Å². The molecule has 0 spiro atoms. The molecule has 1 fully saturated rings. The van der Waals surface area contributed by atoms with E-state index < -0.39 is 0 Å². The normalized spacial score (nSPS) is 25.8. The highest BCUT2D eigenvalue weighted by Crippen LogP contribution is 2.32. The summed E-state index contributed by atoms with van der Waals surface area (Å²) >= 11 is 3.50. The predicted octanol–water partition coefficient (Wildman–Crippen LogP) is 4.43. The molecular formula is C15H22BrNO. The van der Waals surface area contributed by atoms with E-state index >= 15 is 0 Å². The number of nitrogens with two attached hydrogens (primary N) is 1. The number of rotatable bonds is 3. The Morgan fingerprint density at radius 3 is 2.56 bits per heavy atom. The Hall–Kier alpha value is -0.540. The number of hydrogen-bond acceptors (Lipinski definition) is 2. The molecule has 0 radical (unpaired) electrons. The van der Waals surface area contributed by atoms with Crippen molar-refractivity contribution in [2.75, 3.05) is 0 Å². The Bertz CT molecular complexity index is 397.